The van der Waals surface area contributed by atoms with Gasteiger partial charge in [0.05, 0.1) is 0 Å². The minimum atomic E-state index is -0.237. The van der Waals surface area contributed by atoms with Crippen LogP contribution in [-0.2, 0) is 9.59 Å². The second-order valence-electron chi connectivity index (χ2n) is 1.87. The summed E-state index contributed by atoms with van der Waals surface area (Å²) < 4.78 is 0.801. The average molecular weight is 335 g/mol. The van der Waals surface area contributed by atoms with Crippen molar-refractivity contribution in [2.45, 2.75) is 23.4 Å². The van der Waals surface area contributed by atoms with Crippen molar-refractivity contribution in [1.29, 1.82) is 0 Å². The van der Waals surface area contributed by atoms with Gasteiger partial charge in [-0.3, -0.25) is 0 Å². The molecule has 0 fully saturated rings. The number of carbonyl (C=O) groups excluding carboxylic acids is 2. The van der Waals surface area contributed by atoms with Crippen molar-refractivity contribution < 1.29 is 9.59 Å². The average Bonchev–Trinajstić information content (AvgIpc) is 1.99. The number of hydrogen-bond acceptors (Lipinski definition) is 2. The molecule has 1 unspecified atom stereocenters. The predicted octanol–water partition coefficient (Wildman–Crippen LogP) is -0.333. The number of rotatable bonds is 4. The molecule has 0 spiro atoms. The van der Waals surface area contributed by atoms with Crippen molar-refractivity contribution >= 4 is 38.0 Å². The van der Waals surface area contributed by atoms with E-state index >= 15 is 0 Å². The van der Waals surface area contributed by atoms with Crippen LogP contribution in [0.5, 0.6) is 0 Å². The summed E-state index contributed by atoms with van der Waals surface area (Å²) in [6.07, 6.45) is 1.24. The van der Waals surface area contributed by atoms with Crippen LogP contribution in [0.15, 0.2) is 0 Å². The molecule has 0 bridgehead atoms. The first kappa shape index (κ1) is 10.1. The van der Waals surface area contributed by atoms with E-state index in [4.69, 9.17) is 0 Å². The minimum absolute atomic E-state index is 0.0482. The Morgan fingerprint density at radius 1 is 1.80 bits per heavy atom. The fourth-order valence-corrected chi connectivity index (χ4v) is 1.21. The Kier molecular flexibility index (Phi) is 5.85. The summed E-state index contributed by atoms with van der Waals surface area (Å²) in [7, 11) is 0. The second-order valence-corrected chi connectivity index (χ2v) is 3.45. The monoisotopic (exact) mass is 336 g/mol. The zero-order valence-electron chi connectivity index (χ0n) is 5.89. The van der Waals surface area contributed by atoms with Gasteiger partial charge in [0.1, 0.15) is 0 Å². The van der Waals surface area contributed by atoms with Gasteiger partial charge < -0.3 is 0 Å². The Morgan fingerprint density at radius 3 is 2.70 bits per heavy atom. The molecule has 0 aliphatic carbocycles. The van der Waals surface area contributed by atoms with Crippen LogP contribution >= 0.6 is 0 Å². The van der Waals surface area contributed by atoms with E-state index in [-0.39, 0.29) is 11.9 Å². The van der Waals surface area contributed by atoms with Gasteiger partial charge in [0.15, 0.2) is 0 Å². The fraction of sp³-hybridized carbons (Fsp3) is 0.667. The van der Waals surface area contributed by atoms with E-state index < -0.39 is 0 Å². The topological polar surface area (TPSA) is 46.2 Å². The van der Waals surface area contributed by atoms with Gasteiger partial charge in [-0.15, -0.1) is 0 Å². The molecule has 10 heavy (non-hydrogen) atoms. The van der Waals surface area contributed by atoms with Crippen molar-refractivity contribution in [3.63, 3.8) is 0 Å². The summed E-state index contributed by atoms with van der Waals surface area (Å²) >= 11 is 0.944. The summed E-state index contributed by atoms with van der Waals surface area (Å²) in [5, 5.41) is 2.59. The summed E-state index contributed by atoms with van der Waals surface area (Å²) in [6.45, 7) is 1.77. The molecule has 3 radical (unpaired) electrons. The SMILES string of the molecule is CCC(=O)NC(C=O)[CH2][Pb]. The summed E-state index contributed by atoms with van der Waals surface area (Å²) in [5.41, 5.74) is 0. The van der Waals surface area contributed by atoms with Gasteiger partial charge in [0, 0.05) is 0 Å². The maximum atomic E-state index is 10.7. The van der Waals surface area contributed by atoms with Gasteiger partial charge in [0.25, 0.3) is 0 Å². The third-order valence-electron chi connectivity index (χ3n) is 1.05. The van der Waals surface area contributed by atoms with Crippen molar-refractivity contribution in [3.8, 4) is 0 Å². The number of amides is 1. The van der Waals surface area contributed by atoms with E-state index in [1.165, 1.54) is 0 Å². The van der Waals surface area contributed by atoms with Crippen LogP contribution in [0, 0.1) is 0 Å². The Morgan fingerprint density at radius 2 is 2.40 bits per heavy atom. The maximum absolute atomic E-state index is 10.7. The van der Waals surface area contributed by atoms with Gasteiger partial charge in [-0.25, -0.2) is 0 Å². The molecule has 0 aromatic rings. The molecule has 0 rings (SSSR count). The molecule has 55 valence electrons. The summed E-state index contributed by atoms with van der Waals surface area (Å²) in [6, 6.07) is -0.237. The quantitative estimate of drug-likeness (QED) is 0.565. The van der Waals surface area contributed by atoms with E-state index in [2.05, 4.69) is 5.32 Å². The second kappa shape index (κ2) is 5.82. The molecule has 3 nitrogen and oxygen atoms in total. The fourth-order valence-electron chi connectivity index (χ4n) is 0.442. The van der Waals surface area contributed by atoms with Crippen LogP contribution in [0.3, 0.4) is 0 Å². The Balaban J connectivity index is 3.62. The first-order valence-electron chi connectivity index (χ1n) is 3.13. The van der Waals surface area contributed by atoms with Crippen LogP contribution in [0.25, 0.3) is 0 Å². The zero-order chi connectivity index (χ0) is 7.98. The van der Waals surface area contributed by atoms with E-state index in [1.807, 2.05) is 0 Å². The molecule has 0 aromatic heterocycles. The van der Waals surface area contributed by atoms with Crippen molar-refractivity contribution in [2.24, 2.45) is 0 Å². The molecular formula is C6H10NO2Pb. The third-order valence-corrected chi connectivity index (χ3v) is 2.76. The molecule has 0 aliphatic heterocycles. The van der Waals surface area contributed by atoms with Crippen LogP contribution in [0.4, 0.5) is 0 Å². The Labute approximate surface area is 76.2 Å². The van der Waals surface area contributed by atoms with Gasteiger partial charge >= 0.3 is 76.2 Å². The van der Waals surface area contributed by atoms with Gasteiger partial charge in [0.2, 0.25) is 0 Å². The Bertz CT molecular complexity index is 127. The number of carbonyl (C=O) groups is 2. The van der Waals surface area contributed by atoms with Gasteiger partial charge in [-0.1, -0.05) is 0 Å². The molecule has 0 heterocycles. The van der Waals surface area contributed by atoms with Crippen LogP contribution in [0.1, 0.15) is 13.3 Å². The molecule has 1 amide bonds. The van der Waals surface area contributed by atoms with E-state index in [0.717, 1.165) is 36.0 Å². The van der Waals surface area contributed by atoms with Crippen LogP contribution < -0.4 is 5.32 Å². The first-order chi connectivity index (χ1) is 4.74. The van der Waals surface area contributed by atoms with Crippen LogP contribution in [0.2, 0.25) is 3.98 Å². The standard InChI is InChI=1S/C6H10NO2.Pb/c1-3-6(9)7-5(2)4-8;/h4-5H,2-3H2,1H3,(H,7,9);. The molecule has 0 aliphatic rings. The van der Waals surface area contributed by atoms with E-state index in [9.17, 15) is 9.59 Å². The van der Waals surface area contributed by atoms with Crippen molar-refractivity contribution in [3.05, 3.63) is 0 Å². The summed E-state index contributed by atoms with van der Waals surface area (Å²) in [4.78, 5) is 20.9. The van der Waals surface area contributed by atoms with Crippen molar-refractivity contribution in [1.82, 2.24) is 5.32 Å². The number of nitrogens with one attached hydrogen (secondary N) is 1. The van der Waals surface area contributed by atoms with Crippen LogP contribution in [-0.4, -0.2) is 44.0 Å². The Hall–Kier alpha value is 0.0621. The molecular weight excluding hydrogens is 325 g/mol. The molecule has 0 saturated heterocycles. The van der Waals surface area contributed by atoms with E-state index in [0.29, 0.717) is 6.42 Å². The normalized spacial score (nSPS) is 12.2. The summed E-state index contributed by atoms with van der Waals surface area (Å²) in [5.74, 6) is -0.0482. The van der Waals surface area contributed by atoms with Gasteiger partial charge in [-0.05, 0) is 0 Å². The molecule has 1 atom stereocenters. The predicted molar refractivity (Wildman–Crippen MR) is 38.8 cm³/mol. The molecule has 4 heteroatoms. The van der Waals surface area contributed by atoms with E-state index in [1.54, 1.807) is 6.92 Å². The number of hydrogen-bond donors (Lipinski definition) is 1. The van der Waals surface area contributed by atoms with Crippen molar-refractivity contribution in [2.75, 3.05) is 0 Å². The molecule has 1 N–H and O–H groups in total. The third kappa shape index (κ3) is 3.97. The molecule has 0 aromatic carbocycles. The molecule has 0 saturated carbocycles. The van der Waals surface area contributed by atoms with Gasteiger partial charge in [-0.2, -0.15) is 0 Å². The number of aldehydes is 1. The zero-order valence-corrected chi connectivity index (χ0v) is 9.77. The first-order valence-corrected chi connectivity index (χ1v) is 5.88.